The first kappa shape index (κ1) is 21.2. The van der Waals surface area contributed by atoms with Crippen molar-refractivity contribution in [3.05, 3.63) is 125 Å². The van der Waals surface area contributed by atoms with Crippen LogP contribution in [0.2, 0.25) is 0 Å². The molecule has 1 aromatic heterocycles. The van der Waals surface area contributed by atoms with E-state index in [2.05, 4.69) is 0 Å². The quantitative estimate of drug-likeness (QED) is 0.364. The highest BCUT2D eigenvalue weighted by molar-refractivity contribution is 6.23. The van der Waals surface area contributed by atoms with Crippen LogP contribution < -0.4 is 4.90 Å². The van der Waals surface area contributed by atoms with Gasteiger partial charge in [-0.15, -0.1) is 0 Å². The van der Waals surface area contributed by atoms with Gasteiger partial charge in [-0.25, -0.2) is 9.18 Å². The Balaban J connectivity index is 1.52. The summed E-state index contributed by atoms with van der Waals surface area (Å²) in [5, 5.41) is 9.20. The van der Waals surface area contributed by atoms with Crippen LogP contribution in [-0.4, -0.2) is 17.0 Å². The van der Waals surface area contributed by atoms with Gasteiger partial charge in [-0.1, -0.05) is 30.3 Å². The number of hydrogen-bond donors (Lipinski definition) is 1. The predicted molar refractivity (Wildman–Crippen MR) is 127 cm³/mol. The number of aromatic carboxylic acids is 1. The molecule has 0 aliphatic carbocycles. The smallest absolute Gasteiger partial charge is 0.335 e. The Morgan fingerprint density at radius 2 is 1.56 bits per heavy atom. The third-order valence-corrected chi connectivity index (χ3v) is 5.48. The third-order valence-electron chi connectivity index (χ3n) is 5.48. The minimum atomic E-state index is -1.03. The molecule has 0 radical (unpaired) electrons. The van der Waals surface area contributed by atoms with E-state index in [1.807, 2.05) is 30.3 Å². The second kappa shape index (κ2) is 8.67. The molecule has 166 valence electrons. The van der Waals surface area contributed by atoms with Gasteiger partial charge >= 0.3 is 5.97 Å². The molecule has 1 aliphatic heterocycles. The number of anilines is 1. The van der Waals surface area contributed by atoms with Gasteiger partial charge in [-0.3, -0.25) is 9.69 Å². The molecule has 1 amide bonds. The second-order valence-electron chi connectivity index (χ2n) is 7.70. The van der Waals surface area contributed by atoms with Crippen molar-refractivity contribution in [2.45, 2.75) is 0 Å². The Labute approximate surface area is 194 Å². The molecule has 5 rings (SSSR count). The van der Waals surface area contributed by atoms with Crippen LogP contribution in [0.5, 0.6) is 0 Å². The van der Waals surface area contributed by atoms with Gasteiger partial charge in [-0.05, 0) is 78.4 Å². The van der Waals surface area contributed by atoms with Crippen LogP contribution in [0, 0.1) is 5.82 Å². The minimum absolute atomic E-state index is 0.139. The van der Waals surface area contributed by atoms with E-state index in [0.29, 0.717) is 28.5 Å². The highest BCUT2D eigenvalue weighted by Gasteiger charge is 2.30. The fraction of sp³-hybridized carbons (Fsp3) is 0. The topological polar surface area (TPSA) is 70.8 Å². The molecular weight excluding hydrogens is 433 g/mol. The van der Waals surface area contributed by atoms with Gasteiger partial charge in [-0.2, -0.15) is 0 Å². The van der Waals surface area contributed by atoms with Crippen molar-refractivity contribution in [3.8, 4) is 11.3 Å². The summed E-state index contributed by atoms with van der Waals surface area (Å²) in [5.74, 6) is -0.584. The predicted octanol–water partition coefficient (Wildman–Crippen LogP) is 6.26. The second-order valence-corrected chi connectivity index (χ2v) is 7.70. The average molecular weight is 451 g/mol. The molecular formula is C28H18FNO4. The van der Waals surface area contributed by atoms with Gasteiger partial charge in [0.2, 0.25) is 0 Å². The lowest BCUT2D eigenvalue weighted by molar-refractivity contribution is -0.113. The van der Waals surface area contributed by atoms with Crippen LogP contribution in [0.1, 0.15) is 21.7 Å². The number of carboxylic acids is 1. The Bertz CT molecular complexity index is 1430. The van der Waals surface area contributed by atoms with Crippen LogP contribution in [0.15, 0.2) is 107 Å². The van der Waals surface area contributed by atoms with Crippen molar-refractivity contribution >= 4 is 29.3 Å². The number of carbonyl (C=O) groups excluding carboxylic acids is 1. The molecule has 2 heterocycles. The van der Waals surface area contributed by atoms with Gasteiger partial charge in [0.25, 0.3) is 5.91 Å². The number of furan rings is 1. The summed E-state index contributed by atoms with van der Waals surface area (Å²) in [6.07, 6.45) is 3.44. The number of benzene rings is 3. The van der Waals surface area contributed by atoms with E-state index < -0.39 is 5.97 Å². The van der Waals surface area contributed by atoms with E-state index in [4.69, 9.17) is 4.42 Å². The maximum absolute atomic E-state index is 13.4. The first-order valence-electron chi connectivity index (χ1n) is 10.5. The van der Waals surface area contributed by atoms with Crippen molar-refractivity contribution in [2.75, 3.05) is 4.90 Å². The maximum Gasteiger partial charge on any atom is 0.335 e. The molecule has 34 heavy (non-hydrogen) atoms. The van der Waals surface area contributed by atoms with E-state index >= 15 is 0 Å². The van der Waals surface area contributed by atoms with Crippen LogP contribution in [0.4, 0.5) is 10.1 Å². The van der Waals surface area contributed by atoms with E-state index in [0.717, 1.165) is 11.1 Å². The van der Waals surface area contributed by atoms with E-state index in [1.165, 1.54) is 24.3 Å². The molecule has 0 fully saturated rings. The first-order chi connectivity index (χ1) is 16.5. The van der Waals surface area contributed by atoms with Gasteiger partial charge in [0.1, 0.15) is 17.3 Å². The van der Waals surface area contributed by atoms with Gasteiger partial charge in [0.15, 0.2) is 0 Å². The molecule has 0 unspecified atom stereocenters. The molecule has 0 atom stereocenters. The summed E-state index contributed by atoms with van der Waals surface area (Å²) in [4.78, 5) is 26.2. The zero-order chi connectivity index (χ0) is 23.7. The van der Waals surface area contributed by atoms with Gasteiger partial charge < -0.3 is 9.52 Å². The maximum atomic E-state index is 13.4. The van der Waals surface area contributed by atoms with Crippen LogP contribution in [0.3, 0.4) is 0 Å². The molecule has 0 bridgehead atoms. The number of halogens is 1. The zero-order valence-electron chi connectivity index (χ0n) is 17.8. The molecule has 6 heteroatoms. The summed E-state index contributed by atoms with van der Waals surface area (Å²) in [5.41, 5.74) is 3.35. The fourth-order valence-electron chi connectivity index (χ4n) is 3.80. The number of rotatable bonds is 5. The number of carbonyl (C=O) groups is 2. The highest BCUT2D eigenvalue weighted by Crippen LogP contribution is 2.35. The number of carboxylic acid groups (broad SMARTS) is 1. The first-order valence-corrected chi connectivity index (χ1v) is 10.5. The number of amides is 1. The number of nitrogens with zero attached hydrogens (tertiary/aromatic N) is 1. The largest absolute Gasteiger partial charge is 0.478 e. The Kier molecular flexibility index (Phi) is 5.40. The van der Waals surface area contributed by atoms with Crippen LogP contribution in [-0.2, 0) is 4.79 Å². The lowest BCUT2D eigenvalue weighted by Crippen LogP contribution is -2.25. The third kappa shape index (κ3) is 4.04. The molecule has 3 aromatic carbocycles. The van der Waals surface area contributed by atoms with Crippen molar-refractivity contribution in [3.63, 3.8) is 0 Å². The lowest BCUT2D eigenvalue weighted by atomic mass is 10.1. The minimum Gasteiger partial charge on any atom is -0.478 e. The molecule has 0 saturated heterocycles. The lowest BCUT2D eigenvalue weighted by Gasteiger charge is -2.21. The molecule has 5 nitrogen and oxygen atoms in total. The molecule has 4 aromatic rings. The molecule has 0 spiro atoms. The van der Waals surface area contributed by atoms with E-state index in [9.17, 15) is 19.1 Å². The van der Waals surface area contributed by atoms with Gasteiger partial charge in [0.05, 0.1) is 11.3 Å². The summed E-state index contributed by atoms with van der Waals surface area (Å²) in [6.45, 7) is 0. The fourth-order valence-corrected chi connectivity index (χ4v) is 3.80. The Morgan fingerprint density at radius 1 is 0.853 bits per heavy atom. The average Bonchev–Trinajstić information content (AvgIpc) is 3.45. The Hall–Kier alpha value is -4.71. The van der Waals surface area contributed by atoms with Gasteiger partial charge in [0, 0.05) is 16.8 Å². The SMILES string of the molecule is O=C(O)c1ccc(N2C(=O)/C(=C/c3ccc(-c4ccc(F)cc4)o3)C=C2c2ccccc2)cc1. The summed E-state index contributed by atoms with van der Waals surface area (Å²) in [7, 11) is 0. The van der Waals surface area contributed by atoms with Crippen LogP contribution in [0.25, 0.3) is 23.1 Å². The molecule has 1 aliphatic rings. The van der Waals surface area contributed by atoms with E-state index in [1.54, 1.807) is 53.5 Å². The van der Waals surface area contributed by atoms with Crippen LogP contribution >= 0.6 is 0 Å². The zero-order valence-corrected chi connectivity index (χ0v) is 17.8. The van der Waals surface area contributed by atoms with Crippen molar-refractivity contribution in [1.82, 2.24) is 0 Å². The van der Waals surface area contributed by atoms with Crippen molar-refractivity contribution in [1.29, 1.82) is 0 Å². The number of hydrogen-bond acceptors (Lipinski definition) is 3. The molecule has 1 N–H and O–H groups in total. The monoisotopic (exact) mass is 451 g/mol. The normalized spacial score (nSPS) is 14.5. The van der Waals surface area contributed by atoms with Crippen molar-refractivity contribution < 1.29 is 23.5 Å². The molecule has 0 saturated carbocycles. The highest BCUT2D eigenvalue weighted by atomic mass is 19.1. The van der Waals surface area contributed by atoms with E-state index in [-0.39, 0.29) is 17.3 Å². The summed E-state index contributed by atoms with van der Waals surface area (Å²) < 4.78 is 19.1. The summed E-state index contributed by atoms with van der Waals surface area (Å²) in [6, 6.07) is 25.1. The Morgan fingerprint density at radius 3 is 2.24 bits per heavy atom. The standard InChI is InChI=1S/C28H18FNO4/c29-22-10-6-19(7-11-22)26-15-14-24(34-26)16-21-17-25(18-4-2-1-3-5-18)30(27(21)31)23-12-8-20(9-13-23)28(32)33/h1-17H,(H,32,33)/b21-16+. The van der Waals surface area contributed by atoms with Crippen molar-refractivity contribution in [2.24, 2.45) is 0 Å². The summed E-state index contributed by atoms with van der Waals surface area (Å²) >= 11 is 0.